The number of nitrogens with one attached hydrogen (secondary N) is 2. The van der Waals surface area contributed by atoms with Gasteiger partial charge in [0.25, 0.3) is 0 Å². The monoisotopic (exact) mass is 638 g/mol. The third-order valence-electron chi connectivity index (χ3n) is 10.4. The minimum Gasteiger partial charge on any atom is -0.337 e. The molecular weight excluding hydrogens is 609 g/mol. The molecule has 2 aliphatic rings. The molecule has 1 aromatic heterocycles. The van der Waals surface area contributed by atoms with Gasteiger partial charge >= 0.3 is 0 Å². The van der Waals surface area contributed by atoms with Crippen molar-refractivity contribution >= 4 is 16.9 Å². The first-order chi connectivity index (χ1) is 24.7. The number of para-hydroxylation sites is 2. The van der Waals surface area contributed by atoms with Gasteiger partial charge in [-0.1, -0.05) is 152 Å². The van der Waals surface area contributed by atoms with Gasteiger partial charge in [0.05, 0.1) is 16.4 Å². The molecule has 4 heteroatoms. The van der Waals surface area contributed by atoms with Gasteiger partial charge in [0, 0.05) is 11.1 Å². The molecule has 0 amide bonds. The molecule has 2 N–H and O–H groups in total. The summed E-state index contributed by atoms with van der Waals surface area (Å²) in [5, 5.41) is 9.02. The van der Waals surface area contributed by atoms with Crippen LogP contribution in [0.1, 0.15) is 27.8 Å². The molecule has 1 spiro atoms. The number of amidine groups is 1. The summed E-state index contributed by atoms with van der Waals surface area (Å²) in [6.07, 6.45) is 0. The zero-order valence-electron chi connectivity index (χ0n) is 27.1. The maximum absolute atomic E-state index is 9.02. The second kappa shape index (κ2) is 10.9. The molecule has 2 aliphatic carbocycles. The predicted molar refractivity (Wildman–Crippen MR) is 202 cm³/mol. The van der Waals surface area contributed by atoms with Crippen LogP contribution >= 0.6 is 0 Å². The van der Waals surface area contributed by atoms with Gasteiger partial charge in [0.1, 0.15) is 5.69 Å². The van der Waals surface area contributed by atoms with Crippen LogP contribution in [0.2, 0.25) is 0 Å². The summed E-state index contributed by atoms with van der Waals surface area (Å²) in [6.45, 7) is 0. The summed E-state index contributed by atoms with van der Waals surface area (Å²) in [6, 6.07) is 59.7. The molecule has 0 bridgehead atoms. The van der Waals surface area contributed by atoms with E-state index in [1.807, 2.05) is 66.7 Å². The van der Waals surface area contributed by atoms with Crippen LogP contribution in [0, 0.1) is 5.41 Å². The molecule has 1 heterocycles. The van der Waals surface area contributed by atoms with E-state index in [0.29, 0.717) is 11.2 Å². The summed E-state index contributed by atoms with van der Waals surface area (Å²) < 4.78 is 0. The van der Waals surface area contributed by atoms with Crippen LogP contribution in [0.3, 0.4) is 0 Å². The van der Waals surface area contributed by atoms with Gasteiger partial charge in [-0.25, -0.2) is 9.98 Å². The fourth-order valence-electron chi connectivity index (χ4n) is 8.19. The Hall–Kier alpha value is -6.65. The van der Waals surface area contributed by atoms with E-state index in [-0.39, 0.29) is 11.3 Å². The van der Waals surface area contributed by atoms with Crippen molar-refractivity contribution in [3.05, 3.63) is 203 Å². The SMILES string of the molecule is N=C(N=c1[nH]c2ccccc2nc1-c1ccccc1)c1ccc(-c2ccc3c(c2)C2(c4ccccc4-c4ccccc42)c2ccccc2-3)cc1. The van der Waals surface area contributed by atoms with Crippen molar-refractivity contribution in [2.45, 2.75) is 5.41 Å². The number of hydrogen-bond acceptors (Lipinski definition) is 2. The first-order valence-electron chi connectivity index (χ1n) is 16.9. The highest BCUT2D eigenvalue weighted by molar-refractivity contribution is 5.98. The molecule has 8 aromatic rings. The molecule has 4 nitrogen and oxygen atoms in total. The molecule has 0 fully saturated rings. The minimum atomic E-state index is -0.378. The molecule has 0 saturated carbocycles. The number of nitrogens with zero attached hydrogens (tertiary/aromatic N) is 2. The predicted octanol–water partition coefficient (Wildman–Crippen LogP) is 10.2. The second-order valence-corrected chi connectivity index (χ2v) is 13.0. The van der Waals surface area contributed by atoms with Gasteiger partial charge in [-0.15, -0.1) is 0 Å². The number of aromatic amines is 1. The first-order valence-corrected chi connectivity index (χ1v) is 16.9. The topological polar surface area (TPSA) is 64.9 Å². The van der Waals surface area contributed by atoms with E-state index in [9.17, 15) is 0 Å². The molecular formula is C46H30N4. The lowest BCUT2D eigenvalue weighted by Gasteiger charge is -2.30. The standard InChI is InChI=1S/C46H30N4/c47-44(50-45-43(30-12-2-1-3-13-30)48-41-20-10-11-21-42(41)49-45)31-24-22-29(23-25-31)32-26-27-36-35-16-6-9-19-39(35)46(40(36)28-32)37-17-7-4-14-33(37)34-15-5-8-18-38(34)46/h1-28H,(H2,47,49,50). The number of aromatic nitrogens is 2. The van der Waals surface area contributed by atoms with Gasteiger partial charge in [-0.3, -0.25) is 5.41 Å². The number of benzene rings is 7. The van der Waals surface area contributed by atoms with E-state index in [4.69, 9.17) is 15.4 Å². The van der Waals surface area contributed by atoms with Gasteiger partial charge < -0.3 is 4.98 Å². The third-order valence-corrected chi connectivity index (χ3v) is 10.4. The number of H-pyrrole nitrogens is 1. The summed E-state index contributed by atoms with van der Waals surface area (Å²) in [5.74, 6) is 0.171. The Morgan fingerprint density at radius 1 is 0.500 bits per heavy atom. The van der Waals surface area contributed by atoms with Crippen LogP contribution in [0.25, 0.3) is 55.7 Å². The van der Waals surface area contributed by atoms with Crippen molar-refractivity contribution in [3.63, 3.8) is 0 Å². The van der Waals surface area contributed by atoms with E-state index in [2.05, 4.69) is 108 Å². The normalized spacial score (nSPS) is 13.6. The van der Waals surface area contributed by atoms with Crippen LogP contribution < -0.4 is 5.49 Å². The molecule has 0 aliphatic heterocycles. The smallest absolute Gasteiger partial charge is 0.159 e. The Labute approximate surface area is 289 Å². The van der Waals surface area contributed by atoms with Crippen molar-refractivity contribution in [2.24, 2.45) is 4.99 Å². The number of hydrogen-bond donors (Lipinski definition) is 2. The van der Waals surface area contributed by atoms with Crippen LogP contribution in [-0.4, -0.2) is 15.8 Å². The quantitative estimate of drug-likeness (QED) is 0.147. The number of fused-ring (bicyclic) bond motifs is 11. The number of rotatable bonds is 3. The van der Waals surface area contributed by atoms with Gasteiger partial charge in [-0.05, 0) is 73.8 Å². The highest BCUT2D eigenvalue weighted by atomic mass is 14.9. The molecule has 7 aromatic carbocycles. The van der Waals surface area contributed by atoms with E-state index < -0.39 is 0 Å². The zero-order valence-corrected chi connectivity index (χ0v) is 27.1. The Morgan fingerprint density at radius 2 is 1.04 bits per heavy atom. The molecule has 0 saturated heterocycles. The Balaban J connectivity index is 1.07. The summed E-state index contributed by atoms with van der Waals surface area (Å²) in [5.41, 5.74) is 17.0. The maximum atomic E-state index is 9.02. The Morgan fingerprint density at radius 3 is 1.70 bits per heavy atom. The lowest BCUT2D eigenvalue weighted by molar-refractivity contribution is 0.794. The van der Waals surface area contributed by atoms with Crippen molar-refractivity contribution in [3.8, 4) is 44.6 Å². The van der Waals surface area contributed by atoms with Crippen LogP contribution in [0.4, 0.5) is 0 Å². The zero-order chi connectivity index (χ0) is 33.2. The van der Waals surface area contributed by atoms with E-state index >= 15 is 0 Å². The van der Waals surface area contributed by atoms with E-state index in [1.54, 1.807) is 0 Å². The van der Waals surface area contributed by atoms with Crippen LogP contribution in [0.5, 0.6) is 0 Å². The minimum absolute atomic E-state index is 0.171. The Kier molecular flexibility index (Phi) is 6.21. The van der Waals surface area contributed by atoms with Gasteiger partial charge in [-0.2, -0.15) is 0 Å². The van der Waals surface area contributed by atoms with E-state index in [1.165, 1.54) is 44.5 Å². The highest BCUT2D eigenvalue weighted by Gasteiger charge is 2.51. The van der Waals surface area contributed by atoms with Crippen LogP contribution in [0.15, 0.2) is 175 Å². The fraction of sp³-hybridized carbons (Fsp3) is 0.0217. The van der Waals surface area contributed by atoms with Crippen LogP contribution in [-0.2, 0) is 5.41 Å². The fourth-order valence-corrected chi connectivity index (χ4v) is 8.19. The summed E-state index contributed by atoms with van der Waals surface area (Å²) >= 11 is 0. The van der Waals surface area contributed by atoms with Crippen molar-refractivity contribution in [1.82, 2.24) is 9.97 Å². The maximum Gasteiger partial charge on any atom is 0.159 e. The van der Waals surface area contributed by atoms with Crippen molar-refractivity contribution in [2.75, 3.05) is 0 Å². The average Bonchev–Trinajstić information content (AvgIpc) is 3.65. The third kappa shape index (κ3) is 4.09. The summed E-state index contributed by atoms with van der Waals surface area (Å²) in [7, 11) is 0. The van der Waals surface area contributed by atoms with Gasteiger partial charge in [0.15, 0.2) is 11.3 Å². The largest absolute Gasteiger partial charge is 0.337 e. The van der Waals surface area contributed by atoms with Crippen molar-refractivity contribution in [1.29, 1.82) is 5.41 Å². The molecule has 234 valence electrons. The lowest BCUT2D eigenvalue weighted by atomic mass is 9.70. The van der Waals surface area contributed by atoms with Gasteiger partial charge in [0.2, 0.25) is 0 Å². The Bertz CT molecular complexity index is 2660. The first kappa shape index (κ1) is 28.4. The highest BCUT2D eigenvalue weighted by Crippen LogP contribution is 2.62. The second-order valence-electron chi connectivity index (χ2n) is 13.0. The van der Waals surface area contributed by atoms with Crippen molar-refractivity contribution < 1.29 is 0 Å². The molecule has 0 atom stereocenters. The molecule has 50 heavy (non-hydrogen) atoms. The summed E-state index contributed by atoms with van der Waals surface area (Å²) in [4.78, 5) is 13.1. The average molecular weight is 639 g/mol. The molecule has 0 radical (unpaired) electrons. The van der Waals surface area contributed by atoms with E-state index in [0.717, 1.165) is 33.3 Å². The molecule has 0 unspecified atom stereocenters. The molecule has 10 rings (SSSR count). The lowest BCUT2D eigenvalue weighted by Crippen LogP contribution is -2.25.